The van der Waals surface area contributed by atoms with Crippen molar-refractivity contribution in [3.05, 3.63) is 139 Å². The van der Waals surface area contributed by atoms with Crippen molar-refractivity contribution in [2.24, 2.45) is 20.5 Å². The first-order valence-corrected chi connectivity index (χ1v) is 24.8. The fraction of sp³-hybridized carbons (Fsp3) is 0.0784. The zero-order chi connectivity index (χ0) is 54.5. The number of nitrogens with one attached hydrogen (secondary N) is 2. The molecule has 0 aromatic heterocycles. The van der Waals surface area contributed by atoms with Crippen LogP contribution in [0, 0.1) is 0 Å². The summed E-state index contributed by atoms with van der Waals surface area (Å²) in [5.41, 5.74) is 0.261. The van der Waals surface area contributed by atoms with E-state index in [9.17, 15) is 60.8 Å². The van der Waals surface area contributed by atoms with Crippen LogP contribution in [0.5, 0.6) is 34.5 Å². The molecule has 0 fully saturated rings. The molecular weight excluding hydrogens is 1030 g/mol. The van der Waals surface area contributed by atoms with Gasteiger partial charge in [0, 0.05) is 33.8 Å². The Morgan fingerprint density at radius 3 is 1.51 bits per heavy atom. The number of ether oxygens (including phenoxy) is 4. The quantitative estimate of drug-likeness (QED) is 0.0275. The van der Waals surface area contributed by atoms with E-state index >= 15 is 0 Å². The normalized spacial score (nSPS) is 11.7. The van der Waals surface area contributed by atoms with E-state index in [2.05, 4.69) is 31.1 Å². The third-order valence-electron chi connectivity index (χ3n) is 11.1. The van der Waals surface area contributed by atoms with Crippen molar-refractivity contribution in [2.45, 2.75) is 9.79 Å². The first kappa shape index (κ1) is 52.6. The fourth-order valence-corrected chi connectivity index (χ4v) is 8.88. The number of phenolic OH excluding ortho intramolecular Hbond substituents is 2. The molecule has 0 aliphatic carbocycles. The second-order valence-corrected chi connectivity index (χ2v) is 18.9. The Morgan fingerprint density at radius 1 is 0.539 bits per heavy atom. The Kier molecular flexibility index (Phi) is 15.1. The van der Waals surface area contributed by atoms with Gasteiger partial charge in [-0.1, -0.05) is 30.3 Å². The molecule has 25 heteroatoms. The van der Waals surface area contributed by atoms with Crippen LogP contribution in [0.3, 0.4) is 0 Å². The lowest BCUT2D eigenvalue weighted by atomic mass is 10.0. The lowest BCUT2D eigenvalue weighted by Gasteiger charge is -2.14. The Bertz CT molecular complexity index is 3930. The summed E-state index contributed by atoms with van der Waals surface area (Å²) in [5, 5.41) is 63.9. The van der Waals surface area contributed by atoms with Gasteiger partial charge < -0.3 is 50.0 Å². The Morgan fingerprint density at radius 2 is 1.04 bits per heavy atom. The van der Waals surface area contributed by atoms with Crippen LogP contribution in [-0.2, 0) is 29.8 Å². The molecule has 76 heavy (non-hydrogen) atoms. The lowest BCUT2D eigenvalue weighted by molar-refractivity contribution is -0.140. The van der Waals surface area contributed by atoms with E-state index in [0.29, 0.717) is 28.4 Å². The van der Waals surface area contributed by atoms with Crippen LogP contribution in [0.15, 0.2) is 164 Å². The fourth-order valence-electron chi connectivity index (χ4n) is 7.57. The number of fused-ring (bicyclic) bond motifs is 2. The van der Waals surface area contributed by atoms with E-state index in [1.165, 1.54) is 80.9 Å². The Balaban J connectivity index is 1.12. The molecule has 0 atom stereocenters. The number of rotatable bonds is 19. The van der Waals surface area contributed by atoms with Crippen molar-refractivity contribution in [1.82, 2.24) is 0 Å². The number of anilines is 3. The minimum absolute atomic E-state index is 0.0453. The molecule has 0 heterocycles. The molecule has 0 saturated heterocycles. The number of aliphatic carboxylic acids is 2. The summed E-state index contributed by atoms with van der Waals surface area (Å²) in [5.74, 6) is -4.24. The molecule has 0 saturated carbocycles. The maximum atomic E-state index is 12.8. The topological polar surface area (TPSA) is 351 Å². The molecule has 0 unspecified atom stereocenters. The van der Waals surface area contributed by atoms with Crippen molar-refractivity contribution in [3.8, 4) is 45.6 Å². The summed E-state index contributed by atoms with van der Waals surface area (Å²) in [6.07, 6.45) is 0. The molecule has 388 valence electrons. The second kappa shape index (κ2) is 21.8. The van der Waals surface area contributed by atoms with Gasteiger partial charge in [0.15, 0.2) is 24.7 Å². The summed E-state index contributed by atoms with van der Waals surface area (Å²) in [7, 11) is -7.24. The zero-order valence-corrected chi connectivity index (χ0v) is 41.0. The highest BCUT2D eigenvalue weighted by atomic mass is 32.2. The monoisotopic (exact) mass is 1070 g/mol. The van der Waals surface area contributed by atoms with Gasteiger partial charge in [0.25, 0.3) is 26.1 Å². The number of nitrogens with zero attached hydrogens (tertiary/aromatic N) is 4. The van der Waals surface area contributed by atoms with Gasteiger partial charge in [-0.3, -0.25) is 13.9 Å². The number of phenols is 2. The second-order valence-electron chi connectivity index (χ2n) is 16.1. The van der Waals surface area contributed by atoms with Crippen molar-refractivity contribution < 1.29 is 79.7 Å². The van der Waals surface area contributed by atoms with Gasteiger partial charge in [0.2, 0.25) is 0 Å². The molecule has 0 radical (unpaired) electrons. The molecule has 0 bridgehead atoms. The number of benzene rings is 8. The predicted molar refractivity (Wildman–Crippen MR) is 275 cm³/mol. The number of carbonyl (C=O) groups excluding carboxylic acids is 1. The van der Waals surface area contributed by atoms with Gasteiger partial charge >= 0.3 is 11.9 Å². The third-order valence-corrected chi connectivity index (χ3v) is 12.8. The summed E-state index contributed by atoms with van der Waals surface area (Å²) in [6, 6.07) is 32.1. The van der Waals surface area contributed by atoms with Crippen LogP contribution in [0.1, 0.15) is 10.4 Å². The van der Waals surface area contributed by atoms with E-state index in [1.807, 2.05) is 0 Å². The summed E-state index contributed by atoms with van der Waals surface area (Å²) in [6.45, 7) is -1.82. The van der Waals surface area contributed by atoms with Crippen LogP contribution in [0.25, 0.3) is 32.7 Å². The molecule has 8 aromatic carbocycles. The molecule has 1 amide bonds. The Hall–Kier alpha value is -9.69. The first-order chi connectivity index (χ1) is 36.2. The van der Waals surface area contributed by atoms with Crippen molar-refractivity contribution >= 4 is 99.4 Å². The first-order valence-electron chi connectivity index (χ1n) is 21.9. The number of carboxylic acids is 2. The number of methoxy groups -OCH3 is 2. The highest BCUT2D eigenvalue weighted by Crippen LogP contribution is 2.46. The number of hydrogen-bond acceptors (Lipinski definition) is 18. The molecule has 23 nitrogen and oxygen atoms in total. The molecular formula is C51H40N6O17S2. The van der Waals surface area contributed by atoms with Gasteiger partial charge in [0.1, 0.15) is 55.5 Å². The van der Waals surface area contributed by atoms with Crippen LogP contribution >= 0.6 is 0 Å². The van der Waals surface area contributed by atoms with Gasteiger partial charge in [-0.05, 0) is 119 Å². The van der Waals surface area contributed by atoms with Gasteiger partial charge in [-0.2, -0.15) is 16.8 Å². The van der Waals surface area contributed by atoms with Crippen molar-refractivity contribution in [2.75, 3.05) is 38.1 Å². The van der Waals surface area contributed by atoms with Crippen LogP contribution in [0.2, 0.25) is 0 Å². The standard InChI is InChI=1S/C51H40N6O17S2/c1-71-34-12-17-37(40(24-34)72-2)52-32-10-13-35-30(18-32)22-43(75(65,66)67)47(49(35)62)56-54-38-15-8-28(20-41(38)73-25-45(58)59)29-9-16-39(42(21-29)74-26-46(60)61)55-57-48-44(76(68,69)70)23-31-19-33(11-14-36(31)50(48)63)53-51(64)27-6-4-3-5-7-27/h3-24,52,62-63H,25-26H2,1-2H3,(H,53,64)(H,58,59)(H,60,61)(H,65,66,67)(H,68,69,70). The minimum Gasteiger partial charge on any atom is -0.505 e. The molecule has 0 spiro atoms. The number of hydrogen-bond donors (Lipinski definition) is 8. The highest BCUT2D eigenvalue weighted by molar-refractivity contribution is 7.86. The van der Waals surface area contributed by atoms with E-state index < -0.39 is 84.0 Å². The molecule has 0 aliphatic heterocycles. The van der Waals surface area contributed by atoms with Crippen LogP contribution in [-0.4, -0.2) is 91.6 Å². The smallest absolute Gasteiger partial charge is 0.341 e. The van der Waals surface area contributed by atoms with E-state index in [-0.39, 0.29) is 61.2 Å². The SMILES string of the molecule is COc1ccc(Nc2ccc3c(O)c(N=Nc4ccc(-c5ccc(N=Nc6c(S(=O)(=O)O)cc7cc(NC(=O)c8ccccc8)ccc7c6O)c(OCC(=O)O)c5)cc4OCC(=O)O)c(S(=O)(=O)O)cc3c2)c(OC)c1. The zero-order valence-electron chi connectivity index (χ0n) is 39.4. The van der Waals surface area contributed by atoms with Gasteiger partial charge in [0.05, 0.1) is 19.9 Å². The largest absolute Gasteiger partial charge is 0.505 e. The van der Waals surface area contributed by atoms with E-state index in [0.717, 1.165) is 12.1 Å². The number of carbonyl (C=O) groups is 3. The van der Waals surface area contributed by atoms with Crippen molar-refractivity contribution in [3.63, 3.8) is 0 Å². The van der Waals surface area contributed by atoms with Gasteiger partial charge in [-0.15, -0.1) is 20.5 Å². The van der Waals surface area contributed by atoms with Crippen molar-refractivity contribution in [1.29, 1.82) is 0 Å². The molecule has 8 rings (SSSR count). The Labute approximate surface area is 430 Å². The van der Waals surface area contributed by atoms with Crippen LogP contribution in [0.4, 0.5) is 39.8 Å². The summed E-state index contributed by atoms with van der Waals surface area (Å²) < 4.78 is 93.1. The third kappa shape index (κ3) is 11.9. The number of aromatic hydroxyl groups is 2. The maximum absolute atomic E-state index is 12.8. The average molecular weight is 1070 g/mol. The molecule has 8 aromatic rings. The lowest BCUT2D eigenvalue weighted by Crippen LogP contribution is -2.11. The predicted octanol–water partition coefficient (Wildman–Crippen LogP) is 10.3. The highest BCUT2D eigenvalue weighted by Gasteiger charge is 2.25. The van der Waals surface area contributed by atoms with Crippen LogP contribution < -0.4 is 29.6 Å². The number of amides is 1. The van der Waals surface area contributed by atoms with Gasteiger partial charge in [-0.25, -0.2) is 9.59 Å². The maximum Gasteiger partial charge on any atom is 0.341 e. The van der Waals surface area contributed by atoms with E-state index in [1.54, 1.807) is 54.6 Å². The number of azo groups is 2. The number of carboxylic acid groups (broad SMARTS) is 2. The summed E-state index contributed by atoms with van der Waals surface area (Å²) >= 11 is 0. The molecule has 8 N–H and O–H groups in total. The minimum atomic E-state index is -5.11. The average Bonchev–Trinajstić information content (AvgIpc) is 3.39. The van der Waals surface area contributed by atoms with E-state index in [4.69, 9.17) is 18.9 Å². The molecule has 0 aliphatic rings. The summed E-state index contributed by atoms with van der Waals surface area (Å²) in [4.78, 5) is 34.4.